The van der Waals surface area contributed by atoms with E-state index in [4.69, 9.17) is 4.74 Å². The van der Waals surface area contributed by atoms with E-state index in [-0.39, 0.29) is 5.91 Å². The van der Waals surface area contributed by atoms with Crippen LogP contribution < -0.4 is 10.1 Å². The molecule has 0 fully saturated rings. The summed E-state index contributed by atoms with van der Waals surface area (Å²) in [7, 11) is 0. The number of amides is 1. The Morgan fingerprint density at radius 3 is 2.88 bits per heavy atom. The summed E-state index contributed by atoms with van der Waals surface area (Å²) in [4.78, 5) is 20.8. The lowest BCUT2D eigenvalue weighted by molar-refractivity contribution is -0.127. The van der Waals surface area contributed by atoms with Gasteiger partial charge in [-0.05, 0) is 35.9 Å². The lowest BCUT2D eigenvalue weighted by atomic mass is 10.1. The Morgan fingerprint density at radius 2 is 2.04 bits per heavy atom. The Labute approximate surface area is 150 Å². The van der Waals surface area contributed by atoms with Crippen LogP contribution in [0.1, 0.15) is 12.6 Å². The van der Waals surface area contributed by atoms with Crippen molar-refractivity contribution in [2.24, 2.45) is 0 Å². The van der Waals surface area contributed by atoms with E-state index >= 15 is 0 Å². The minimum atomic E-state index is -0.605. The van der Waals surface area contributed by atoms with Crippen molar-refractivity contribution < 1.29 is 9.53 Å². The molecule has 6 nitrogen and oxygen atoms in total. The first-order valence-corrected chi connectivity index (χ1v) is 8.41. The van der Waals surface area contributed by atoms with Crippen LogP contribution in [0.3, 0.4) is 0 Å². The van der Waals surface area contributed by atoms with E-state index in [1.165, 1.54) is 0 Å². The van der Waals surface area contributed by atoms with Crippen LogP contribution in [-0.4, -0.2) is 26.4 Å². The van der Waals surface area contributed by atoms with Crippen LogP contribution in [-0.2, 0) is 11.3 Å². The molecule has 0 spiro atoms. The highest BCUT2D eigenvalue weighted by Crippen LogP contribution is 2.21. The fourth-order valence-corrected chi connectivity index (χ4v) is 2.78. The van der Waals surface area contributed by atoms with Crippen LogP contribution >= 0.6 is 0 Å². The minimum absolute atomic E-state index is 0.192. The van der Waals surface area contributed by atoms with E-state index in [9.17, 15) is 4.79 Å². The van der Waals surface area contributed by atoms with Crippen molar-refractivity contribution in [3.05, 3.63) is 72.8 Å². The van der Waals surface area contributed by atoms with Crippen molar-refractivity contribution in [2.75, 3.05) is 0 Å². The van der Waals surface area contributed by atoms with Gasteiger partial charge in [0.05, 0.1) is 12.2 Å². The largest absolute Gasteiger partial charge is 0.481 e. The second kappa shape index (κ2) is 6.84. The van der Waals surface area contributed by atoms with Crippen molar-refractivity contribution in [3.8, 4) is 5.75 Å². The topological polar surface area (TPSA) is 68.5 Å². The molecule has 1 atom stereocenters. The van der Waals surface area contributed by atoms with Crippen LogP contribution in [0.5, 0.6) is 5.75 Å². The number of carbonyl (C=O) groups is 1. The maximum atomic E-state index is 12.3. The summed E-state index contributed by atoms with van der Waals surface area (Å²) in [6.45, 7) is 2.06. The van der Waals surface area contributed by atoms with Gasteiger partial charge >= 0.3 is 0 Å². The lowest BCUT2D eigenvalue weighted by Gasteiger charge is -2.14. The van der Waals surface area contributed by atoms with Gasteiger partial charge in [0, 0.05) is 18.6 Å². The number of carbonyl (C=O) groups excluding carboxylic acids is 1. The first-order valence-electron chi connectivity index (χ1n) is 8.41. The molecule has 0 saturated heterocycles. The van der Waals surface area contributed by atoms with Gasteiger partial charge in [-0.15, -0.1) is 0 Å². The molecule has 0 aliphatic carbocycles. The highest BCUT2D eigenvalue weighted by molar-refractivity contribution is 5.84. The summed E-state index contributed by atoms with van der Waals surface area (Å²) in [5, 5.41) is 5.06. The molecule has 0 radical (unpaired) electrons. The van der Waals surface area contributed by atoms with Gasteiger partial charge in [0.1, 0.15) is 5.75 Å². The molecule has 2 aromatic carbocycles. The van der Waals surface area contributed by atoms with Crippen molar-refractivity contribution in [3.63, 3.8) is 0 Å². The molecular formula is C20H18N4O2. The molecule has 130 valence electrons. The molecule has 0 saturated carbocycles. The zero-order chi connectivity index (χ0) is 17.9. The van der Waals surface area contributed by atoms with Gasteiger partial charge in [-0.25, -0.2) is 9.97 Å². The maximum absolute atomic E-state index is 12.3. The number of fused-ring (bicyclic) bond motifs is 2. The quantitative estimate of drug-likeness (QED) is 0.603. The van der Waals surface area contributed by atoms with Crippen LogP contribution in [0.15, 0.2) is 67.1 Å². The number of rotatable bonds is 5. The Balaban J connectivity index is 1.38. The average Bonchev–Trinajstić information content (AvgIpc) is 3.09. The molecule has 4 aromatic rings. The Bertz CT molecular complexity index is 1040. The number of aromatic nitrogens is 3. The number of imidazole rings is 1. The van der Waals surface area contributed by atoms with E-state index in [1.807, 2.05) is 65.3 Å². The van der Waals surface area contributed by atoms with Crippen molar-refractivity contribution in [2.45, 2.75) is 19.6 Å². The number of hydrogen-bond acceptors (Lipinski definition) is 4. The molecular weight excluding hydrogens is 328 g/mol. The zero-order valence-electron chi connectivity index (χ0n) is 14.3. The Hall–Kier alpha value is -3.41. The number of nitrogens with zero attached hydrogens (tertiary/aromatic N) is 3. The first-order chi connectivity index (χ1) is 12.7. The molecule has 0 aliphatic rings. The Kier molecular flexibility index (Phi) is 4.23. The predicted octanol–water partition coefficient (Wildman–Crippen LogP) is 2.97. The summed E-state index contributed by atoms with van der Waals surface area (Å²) >= 11 is 0. The molecule has 26 heavy (non-hydrogen) atoms. The van der Waals surface area contributed by atoms with E-state index in [2.05, 4.69) is 15.3 Å². The van der Waals surface area contributed by atoms with Gasteiger partial charge < -0.3 is 10.1 Å². The van der Waals surface area contributed by atoms with Gasteiger partial charge in [-0.3, -0.25) is 9.20 Å². The third kappa shape index (κ3) is 3.35. The number of hydrogen-bond donors (Lipinski definition) is 1. The summed E-state index contributed by atoms with van der Waals surface area (Å²) < 4.78 is 7.60. The van der Waals surface area contributed by atoms with E-state index in [0.717, 1.165) is 16.5 Å². The summed E-state index contributed by atoms with van der Waals surface area (Å²) in [6, 6.07) is 15.7. The van der Waals surface area contributed by atoms with Gasteiger partial charge in [0.15, 0.2) is 6.10 Å². The smallest absolute Gasteiger partial charge is 0.261 e. The first kappa shape index (κ1) is 16.1. The fraction of sp³-hybridized carbons (Fsp3) is 0.150. The Morgan fingerprint density at radius 1 is 1.19 bits per heavy atom. The second-order valence-electron chi connectivity index (χ2n) is 6.05. The number of nitrogens with one attached hydrogen (secondary N) is 1. The fourth-order valence-electron chi connectivity index (χ4n) is 2.78. The van der Waals surface area contributed by atoms with Crippen LogP contribution in [0.25, 0.3) is 16.6 Å². The molecule has 2 aromatic heterocycles. The molecule has 0 unspecified atom stereocenters. The molecule has 0 aliphatic heterocycles. The van der Waals surface area contributed by atoms with Crippen molar-refractivity contribution in [1.29, 1.82) is 0 Å². The third-order valence-electron chi connectivity index (χ3n) is 4.13. The van der Waals surface area contributed by atoms with E-state index in [1.54, 1.807) is 13.1 Å². The molecule has 4 rings (SSSR count). The van der Waals surface area contributed by atoms with Crippen LogP contribution in [0, 0.1) is 0 Å². The molecule has 2 heterocycles. The highest BCUT2D eigenvalue weighted by atomic mass is 16.5. The second-order valence-corrected chi connectivity index (χ2v) is 6.05. The monoisotopic (exact) mass is 346 g/mol. The highest BCUT2D eigenvalue weighted by Gasteiger charge is 2.15. The van der Waals surface area contributed by atoms with Crippen molar-refractivity contribution >= 4 is 22.5 Å². The third-order valence-corrected chi connectivity index (χ3v) is 4.13. The minimum Gasteiger partial charge on any atom is -0.481 e. The number of ether oxygens (including phenoxy) is 1. The van der Waals surface area contributed by atoms with Gasteiger partial charge in [-0.2, -0.15) is 0 Å². The maximum Gasteiger partial charge on any atom is 0.261 e. The summed E-state index contributed by atoms with van der Waals surface area (Å²) in [5.74, 6) is 1.09. The SMILES string of the molecule is C[C@@H](Oc1ccc2ccccc2c1)C(=O)NCc1cn2cccnc2n1. The van der Waals surface area contributed by atoms with Crippen molar-refractivity contribution in [1.82, 2.24) is 19.7 Å². The van der Waals surface area contributed by atoms with Gasteiger partial charge in [0.2, 0.25) is 5.78 Å². The predicted molar refractivity (Wildman–Crippen MR) is 98.9 cm³/mol. The molecule has 1 N–H and O–H groups in total. The van der Waals surface area contributed by atoms with Gasteiger partial charge in [0.25, 0.3) is 5.91 Å². The van der Waals surface area contributed by atoms with Crippen LogP contribution in [0.4, 0.5) is 0 Å². The molecule has 1 amide bonds. The lowest BCUT2D eigenvalue weighted by Crippen LogP contribution is -2.35. The molecule has 0 bridgehead atoms. The zero-order valence-corrected chi connectivity index (χ0v) is 14.3. The van der Waals surface area contributed by atoms with Crippen LogP contribution in [0.2, 0.25) is 0 Å². The number of benzene rings is 2. The van der Waals surface area contributed by atoms with Gasteiger partial charge in [-0.1, -0.05) is 30.3 Å². The van der Waals surface area contributed by atoms with E-state index < -0.39 is 6.10 Å². The summed E-state index contributed by atoms with van der Waals surface area (Å²) in [5.41, 5.74) is 0.745. The van der Waals surface area contributed by atoms with E-state index in [0.29, 0.717) is 18.1 Å². The molecule has 6 heteroatoms. The standard InChI is InChI=1S/C20H18N4O2/c1-14(26-18-8-7-15-5-2-3-6-16(15)11-18)19(25)22-12-17-13-24-10-4-9-21-20(24)23-17/h2-11,13-14H,12H2,1H3,(H,22,25)/t14-/m1/s1. The normalized spacial score (nSPS) is 12.2. The summed E-state index contributed by atoms with van der Waals surface area (Å²) in [6.07, 6.45) is 4.79. The average molecular weight is 346 g/mol.